The number of carbonyl (C=O) groups is 1. The highest BCUT2D eigenvalue weighted by Gasteiger charge is 2.71. The van der Waals surface area contributed by atoms with Crippen LogP contribution in [0.3, 0.4) is 0 Å². The Morgan fingerprint density at radius 3 is 2.61 bits per heavy atom. The fourth-order valence-electron chi connectivity index (χ4n) is 3.55. The number of Topliss-reactive ketones (excluding diaryl/α,β-unsaturated/α-hetero) is 1. The van der Waals surface area contributed by atoms with Gasteiger partial charge in [0.2, 0.25) is 0 Å². The summed E-state index contributed by atoms with van der Waals surface area (Å²) >= 11 is 6.26. The molecule has 0 radical (unpaired) electrons. The Bertz CT molecular complexity index is 619. The highest BCUT2D eigenvalue weighted by Crippen LogP contribution is 2.52. The molecule has 0 amide bonds. The van der Waals surface area contributed by atoms with Gasteiger partial charge in [-0.05, 0) is 19.4 Å². The van der Waals surface area contributed by atoms with Crippen LogP contribution in [0.1, 0.15) is 25.8 Å². The second-order valence-electron chi connectivity index (χ2n) is 6.76. The van der Waals surface area contributed by atoms with Crippen LogP contribution in [0.2, 0.25) is 0 Å². The highest BCUT2D eigenvalue weighted by atomic mass is 35.5. The third kappa shape index (κ3) is 2.42. The number of hydrogen-bond donors (Lipinski definition) is 0. The summed E-state index contributed by atoms with van der Waals surface area (Å²) in [6.45, 7) is 4.07. The number of ketones is 1. The van der Waals surface area contributed by atoms with Crippen LogP contribution in [0.15, 0.2) is 30.3 Å². The number of benzene rings is 1. The van der Waals surface area contributed by atoms with E-state index in [0.29, 0.717) is 6.61 Å². The molecule has 0 bridgehead atoms. The fourth-order valence-corrected chi connectivity index (χ4v) is 3.88. The number of fused-ring (bicyclic) bond motifs is 1. The summed E-state index contributed by atoms with van der Waals surface area (Å²) in [5.74, 6) is -0.764. The molecule has 1 spiro atoms. The molecule has 2 saturated heterocycles. The summed E-state index contributed by atoms with van der Waals surface area (Å²) < 4.78 is 23.8. The van der Waals surface area contributed by atoms with E-state index in [0.717, 1.165) is 5.56 Å². The second-order valence-corrected chi connectivity index (χ2v) is 7.20. The standard InChI is InChI=1S/C17H19ClO5/c1-16(2)21-12-14(20-9-10-6-4-3-5-7-10)17(23-15(12)22-16)8-11(19)13(17)18/h3-7,12-15H,8-9H2,1-2H3/t12-,13-,14?,15-,17-/m0/s1. The first kappa shape index (κ1) is 15.5. The molecule has 6 heteroatoms. The SMILES string of the molecule is CC1(C)O[C@H]2O[C@]3(CC(=O)[C@@H]3Cl)C(OCc3ccccc3)[C@@H]2O1. The monoisotopic (exact) mass is 338 g/mol. The van der Waals surface area contributed by atoms with Crippen molar-refractivity contribution in [2.75, 3.05) is 0 Å². The van der Waals surface area contributed by atoms with Crippen molar-refractivity contribution in [2.24, 2.45) is 0 Å². The Morgan fingerprint density at radius 2 is 1.96 bits per heavy atom. The van der Waals surface area contributed by atoms with E-state index < -0.39 is 29.2 Å². The van der Waals surface area contributed by atoms with E-state index in [9.17, 15) is 4.79 Å². The van der Waals surface area contributed by atoms with Gasteiger partial charge in [-0.3, -0.25) is 4.79 Å². The van der Waals surface area contributed by atoms with Crippen LogP contribution < -0.4 is 0 Å². The summed E-state index contributed by atoms with van der Waals surface area (Å²) in [6.07, 6.45) is -1.14. The number of ether oxygens (including phenoxy) is 4. The lowest BCUT2D eigenvalue weighted by atomic mass is 9.74. The molecule has 1 aromatic carbocycles. The van der Waals surface area contributed by atoms with Crippen molar-refractivity contribution in [1.29, 1.82) is 0 Å². The molecule has 3 fully saturated rings. The summed E-state index contributed by atoms with van der Waals surface area (Å²) in [6, 6.07) is 9.84. The fraction of sp³-hybridized carbons (Fsp3) is 0.588. The van der Waals surface area contributed by atoms with E-state index in [2.05, 4.69) is 0 Å². The van der Waals surface area contributed by atoms with Crippen molar-refractivity contribution in [2.45, 2.75) is 62.1 Å². The first-order chi connectivity index (χ1) is 10.9. The number of alkyl halides is 1. The van der Waals surface area contributed by atoms with Crippen molar-refractivity contribution in [3.05, 3.63) is 35.9 Å². The maximum Gasteiger partial charge on any atom is 0.190 e. The van der Waals surface area contributed by atoms with E-state index in [1.807, 2.05) is 44.2 Å². The lowest BCUT2D eigenvalue weighted by molar-refractivity contribution is -0.253. The zero-order valence-electron chi connectivity index (χ0n) is 13.0. The van der Waals surface area contributed by atoms with Crippen molar-refractivity contribution in [3.63, 3.8) is 0 Å². The zero-order valence-corrected chi connectivity index (χ0v) is 13.8. The van der Waals surface area contributed by atoms with Gasteiger partial charge in [0.05, 0.1) is 6.61 Å². The van der Waals surface area contributed by atoms with Crippen LogP contribution >= 0.6 is 11.6 Å². The molecule has 1 saturated carbocycles. The molecule has 3 aliphatic rings. The lowest BCUT2D eigenvalue weighted by Crippen LogP contribution is -2.64. The Labute approximate surface area is 139 Å². The maximum atomic E-state index is 11.7. The molecule has 2 heterocycles. The molecule has 5 atom stereocenters. The topological polar surface area (TPSA) is 54.0 Å². The molecule has 4 rings (SSSR count). The molecule has 23 heavy (non-hydrogen) atoms. The minimum absolute atomic E-state index is 0.0285. The summed E-state index contributed by atoms with van der Waals surface area (Å²) in [7, 11) is 0. The van der Waals surface area contributed by atoms with Gasteiger partial charge in [-0.2, -0.15) is 0 Å². The minimum atomic E-state index is -0.848. The van der Waals surface area contributed by atoms with E-state index >= 15 is 0 Å². The zero-order chi connectivity index (χ0) is 16.2. The van der Waals surface area contributed by atoms with Crippen LogP contribution in [-0.2, 0) is 30.3 Å². The van der Waals surface area contributed by atoms with Crippen LogP contribution in [0, 0.1) is 0 Å². The molecular weight excluding hydrogens is 320 g/mol. The maximum absolute atomic E-state index is 11.7. The molecule has 124 valence electrons. The van der Waals surface area contributed by atoms with Crippen LogP contribution in [0.4, 0.5) is 0 Å². The normalized spacial score (nSPS) is 41.1. The Morgan fingerprint density at radius 1 is 1.22 bits per heavy atom. The molecule has 1 aliphatic carbocycles. The average molecular weight is 339 g/mol. The molecule has 1 aromatic rings. The van der Waals surface area contributed by atoms with E-state index in [1.165, 1.54) is 0 Å². The Hall–Kier alpha value is -0.980. The van der Waals surface area contributed by atoms with Gasteiger partial charge in [-0.15, -0.1) is 11.6 Å². The van der Waals surface area contributed by atoms with Crippen molar-refractivity contribution in [3.8, 4) is 0 Å². The van der Waals surface area contributed by atoms with Crippen LogP contribution in [0.5, 0.6) is 0 Å². The van der Waals surface area contributed by atoms with Gasteiger partial charge in [0, 0.05) is 6.42 Å². The van der Waals surface area contributed by atoms with Gasteiger partial charge in [-0.1, -0.05) is 30.3 Å². The summed E-state index contributed by atoms with van der Waals surface area (Å²) in [5.41, 5.74) is 0.195. The molecule has 0 aromatic heterocycles. The second kappa shape index (κ2) is 5.26. The average Bonchev–Trinajstić information content (AvgIpc) is 2.96. The number of halogens is 1. The van der Waals surface area contributed by atoms with Crippen molar-refractivity contribution in [1.82, 2.24) is 0 Å². The van der Waals surface area contributed by atoms with E-state index in [4.69, 9.17) is 30.5 Å². The number of hydrogen-bond acceptors (Lipinski definition) is 5. The molecule has 5 nitrogen and oxygen atoms in total. The van der Waals surface area contributed by atoms with Gasteiger partial charge in [-0.25, -0.2) is 0 Å². The third-order valence-corrected chi connectivity index (χ3v) is 5.25. The van der Waals surface area contributed by atoms with Crippen LogP contribution in [-0.4, -0.2) is 41.0 Å². The molecule has 1 unspecified atom stereocenters. The van der Waals surface area contributed by atoms with E-state index in [1.54, 1.807) is 0 Å². The predicted molar refractivity (Wildman–Crippen MR) is 81.9 cm³/mol. The Kier molecular flexibility index (Phi) is 3.55. The van der Waals surface area contributed by atoms with Gasteiger partial charge >= 0.3 is 0 Å². The molecule has 0 N–H and O–H groups in total. The molecule has 2 aliphatic heterocycles. The lowest BCUT2D eigenvalue weighted by Gasteiger charge is -2.45. The van der Waals surface area contributed by atoms with E-state index in [-0.39, 0.29) is 18.3 Å². The first-order valence-electron chi connectivity index (χ1n) is 7.77. The third-order valence-electron chi connectivity index (χ3n) is 4.64. The largest absolute Gasteiger partial charge is 0.368 e. The minimum Gasteiger partial charge on any atom is -0.368 e. The predicted octanol–water partition coefficient (Wildman–Crippen LogP) is 2.40. The number of rotatable bonds is 3. The summed E-state index contributed by atoms with van der Waals surface area (Å²) in [5, 5.41) is -0.718. The van der Waals surface area contributed by atoms with Gasteiger partial charge in [0.15, 0.2) is 17.9 Å². The van der Waals surface area contributed by atoms with Gasteiger partial charge in [0.25, 0.3) is 0 Å². The highest BCUT2D eigenvalue weighted by molar-refractivity contribution is 6.35. The molecular formula is C17H19ClO5. The van der Waals surface area contributed by atoms with Gasteiger partial charge in [0.1, 0.15) is 23.2 Å². The first-order valence-corrected chi connectivity index (χ1v) is 8.21. The smallest absolute Gasteiger partial charge is 0.190 e. The Balaban J connectivity index is 1.56. The quantitative estimate of drug-likeness (QED) is 0.792. The summed E-state index contributed by atoms with van der Waals surface area (Å²) in [4.78, 5) is 11.7. The number of carbonyl (C=O) groups excluding carboxylic acids is 1. The van der Waals surface area contributed by atoms with Crippen molar-refractivity contribution >= 4 is 17.4 Å². The van der Waals surface area contributed by atoms with Crippen molar-refractivity contribution < 1.29 is 23.7 Å². The van der Waals surface area contributed by atoms with Crippen LogP contribution in [0.25, 0.3) is 0 Å². The van der Waals surface area contributed by atoms with Gasteiger partial charge < -0.3 is 18.9 Å².